The van der Waals surface area contributed by atoms with E-state index in [1.54, 1.807) is 24.3 Å². The minimum Gasteiger partial charge on any atom is -0.261 e. The molecule has 1 amide bonds. The van der Waals surface area contributed by atoms with Gasteiger partial charge < -0.3 is 0 Å². The van der Waals surface area contributed by atoms with E-state index in [2.05, 4.69) is 0 Å². The van der Waals surface area contributed by atoms with Crippen molar-refractivity contribution in [2.24, 2.45) is 0 Å². The number of nitrogens with zero attached hydrogens (tertiary/aromatic N) is 1. The van der Waals surface area contributed by atoms with Crippen molar-refractivity contribution in [1.29, 1.82) is 0 Å². The molecule has 0 atom stereocenters. The molecule has 0 bridgehead atoms. The zero-order valence-corrected chi connectivity index (χ0v) is 5.83. The fraction of sp³-hybridized carbons (Fsp3) is 0.125. The number of carbonyl (C=O) groups excluding carboxylic acids is 1. The SMILES string of the molecule is O=[C]N(F)Cc1ccccc1. The highest BCUT2D eigenvalue weighted by atomic mass is 19.2. The van der Waals surface area contributed by atoms with Crippen LogP contribution in [-0.4, -0.2) is 11.5 Å². The molecule has 2 nitrogen and oxygen atoms in total. The van der Waals surface area contributed by atoms with E-state index in [4.69, 9.17) is 0 Å². The molecule has 57 valence electrons. The third-order valence-corrected chi connectivity index (χ3v) is 1.26. The van der Waals surface area contributed by atoms with Crippen molar-refractivity contribution in [3.63, 3.8) is 0 Å². The first-order chi connectivity index (χ1) is 5.33. The third-order valence-electron chi connectivity index (χ3n) is 1.26. The molecule has 0 aliphatic rings. The van der Waals surface area contributed by atoms with E-state index in [-0.39, 0.29) is 11.7 Å². The summed E-state index contributed by atoms with van der Waals surface area (Å²) in [6.07, 6.45) is 1.13. The van der Waals surface area contributed by atoms with Crippen LogP contribution in [0.1, 0.15) is 5.56 Å². The average Bonchev–Trinajstić information content (AvgIpc) is 2.06. The van der Waals surface area contributed by atoms with Gasteiger partial charge in [-0.15, -0.1) is 0 Å². The summed E-state index contributed by atoms with van der Waals surface area (Å²) in [4.78, 5) is 9.74. The molecule has 0 heterocycles. The average molecular weight is 152 g/mol. The second kappa shape index (κ2) is 3.71. The van der Waals surface area contributed by atoms with Crippen LogP contribution in [0.15, 0.2) is 30.3 Å². The summed E-state index contributed by atoms with van der Waals surface area (Å²) in [7, 11) is 0. The van der Waals surface area contributed by atoms with Gasteiger partial charge in [-0.1, -0.05) is 34.8 Å². The predicted octanol–water partition coefficient (Wildman–Crippen LogP) is 1.44. The molecule has 1 rings (SSSR count). The lowest BCUT2D eigenvalue weighted by molar-refractivity contribution is 0.106. The van der Waals surface area contributed by atoms with Crippen LogP contribution in [0.4, 0.5) is 4.48 Å². The molecular weight excluding hydrogens is 145 g/mol. The Morgan fingerprint density at radius 3 is 2.55 bits per heavy atom. The van der Waals surface area contributed by atoms with Crippen LogP contribution in [0.3, 0.4) is 0 Å². The Kier molecular flexibility index (Phi) is 2.60. The highest BCUT2D eigenvalue weighted by Crippen LogP contribution is 2.01. The van der Waals surface area contributed by atoms with E-state index in [0.29, 0.717) is 0 Å². The fourth-order valence-electron chi connectivity index (χ4n) is 0.776. The molecule has 3 heteroatoms. The molecule has 0 saturated heterocycles. The Hall–Kier alpha value is -1.38. The summed E-state index contributed by atoms with van der Waals surface area (Å²) in [6.45, 7) is -0.0374. The summed E-state index contributed by atoms with van der Waals surface area (Å²) in [5.74, 6) is 0. The van der Waals surface area contributed by atoms with Gasteiger partial charge in [0.15, 0.2) is 0 Å². The summed E-state index contributed by atoms with van der Waals surface area (Å²) >= 11 is 0. The normalized spacial score (nSPS) is 9.18. The molecule has 0 spiro atoms. The van der Waals surface area contributed by atoms with Crippen LogP contribution >= 0.6 is 0 Å². The minimum absolute atomic E-state index is 0.0185. The predicted molar refractivity (Wildman–Crippen MR) is 38.8 cm³/mol. The monoisotopic (exact) mass is 152 g/mol. The quantitative estimate of drug-likeness (QED) is 0.474. The number of rotatable bonds is 3. The summed E-state index contributed by atoms with van der Waals surface area (Å²) in [5.41, 5.74) is 0.748. The van der Waals surface area contributed by atoms with Gasteiger partial charge in [-0.2, -0.15) is 5.12 Å². The molecule has 1 aromatic rings. The van der Waals surface area contributed by atoms with Crippen LogP contribution in [0, 0.1) is 0 Å². The number of benzene rings is 1. The van der Waals surface area contributed by atoms with Gasteiger partial charge in [0.1, 0.15) is 0 Å². The second-order valence-electron chi connectivity index (χ2n) is 2.10. The van der Waals surface area contributed by atoms with Gasteiger partial charge in [0.2, 0.25) is 0 Å². The third kappa shape index (κ3) is 2.37. The Labute approximate surface area is 64.2 Å². The van der Waals surface area contributed by atoms with Gasteiger partial charge in [0.05, 0.1) is 6.54 Å². The highest BCUT2D eigenvalue weighted by molar-refractivity contribution is 5.46. The Morgan fingerprint density at radius 1 is 1.36 bits per heavy atom. The van der Waals surface area contributed by atoms with Crippen LogP contribution < -0.4 is 0 Å². The van der Waals surface area contributed by atoms with Crippen LogP contribution in [0.25, 0.3) is 0 Å². The number of hydrogen-bond acceptors (Lipinski definition) is 1. The largest absolute Gasteiger partial charge is 0.342 e. The topological polar surface area (TPSA) is 20.3 Å². The number of amides is 1. The molecular formula is C8H7FNO. The van der Waals surface area contributed by atoms with Crippen molar-refractivity contribution >= 4 is 6.41 Å². The van der Waals surface area contributed by atoms with E-state index in [9.17, 15) is 9.28 Å². The summed E-state index contributed by atoms with van der Waals surface area (Å²) in [5, 5.41) is -0.0185. The maximum atomic E-state index is 12.2. The van der Waals surface area contributed by atoms with Gasteiger partial charge in [-0.25, -0.2) is 0 Å². The van der Waals surface area contributed by atoms with E-state index < -0.39 is 0 Å². The summed E-state index contributed by atoms with van der Waals surface area (Å²) < 4.78 is 12.2. The van der Waals surface area contributed by atoms with Gasteiger partial charge in [-0.05, 0) is 5.56 Å². The second-order valence-corrected chi connectivity index (χ2v) is 2.10. The number of halogens is 1. The molecule has 0 N–H and O–H groups in total. The number of hydrogen-bond donors (Lipinski definition) is 0. The van der Waals surface area contributed by atoms with E-state index >= 15 is 0 Å². The van der Waals surface area contributed by atoms with Crippen molar-refractivity contribution in [2.45, 2.75) is 6.54 Å². The van der Waals surface area contributed by atoms with Crippen molar-refractivity contribution < 1.29 is 9.28 Å². The van der Waals surface area contributed by atoms with Crippen LogP contribution in [0.2, 0.25) is 0 Å². The van der Waals surface area contributed by atoms with E-state index in [1.165, 1.54) is 0 Å². The lowest BCUT2D eigenvalue weighted by Gasteiger charge is -2.02. The first kappa shape index (κ1) is 7.72. The smallest absolute Gasteiger partial charge is 0.261 e. The van der Waals surface area contributed by atoms with Crippen molar-refractivity contribution in [2.75, 3.05) is 0 Å². The first-order valence-electron chi connectivity index (χ1n) is 3.18. The van der Waals surface area contributed by atoms with Crippen molar-refractivity contribution in [1.82, 2.24) is 5.12 Å². The Bertz CT molecular complexity index is 225. The lowest BCUT2D eigenvalue weighted by atomic mass is 10.2. The molecule has 1 aromatic carbocycles. The molecule has 11 heavy (non-hydrogen) atoms. The van der Waals surface area contributed by atoms with Gasteiger partial charge in [-0.3, -0.25) is 4.79 Å². The van der Waals surface area contributed by atoms with Gasteiger partial charge >= 0.3 is 6.41 Å². The molecule has 0 saturated carbocycles. The standard InChI is InChI=1S/C8H7FNO/c9-10(7-11)6-8-4-2-1-3-5-8/h1-5H,6H2. The van der Waals surface area contributed by atoms with Crippen molar-refractivity contribution in [3.05, 3.63) is 35.9 Å². The van der Waals surface area contributed by atoms with E-state index in [0.717, 1.165) is 12.0 Å². The first-order valence-corrected chi connectivity index (χ1v) is 3.18. The minimum atomic E-state index is -0.0374. The van der Waals surface area contributed by atoms with E-state index in [1.807, 2.05) is 6.07 Å². The zero-order chi connectivity index (χ0) is 8.10. The van der Waals surface area contributed by atoms with Gasteiger partial charge in [0, 0.05) is 0 Å². The molecule has 1 radical (unpaired) electrons. The summed E-state index contributed by atoms with van der Waals surface area (Å²) in [6, 6.07) is 8.88. The van der Waals surface area contributed by atoms with Crippen molar-refractivity contribution in [3.8, 4) is 0 Å². The lowest BCUT2D eigenvalue weighted by Crippen LogP contribution is -2.09. The maximum Gasteiger partial charge on any atom is 0.342 e. The van der Waals surface area contributed by atoms with Crippen LogP contribution in [0.5, 0.6) is 0 Å². The van der Waals surface area contributed by atoms with Gasteiger partial charge in [0.25, 0.3) is 0 Å². The molecule has 0 fully saturated rings. The Balaban J connectivity index is 2.57. The molecule has 0 aromatic heterocycles. The highest BCUT2D eigenvalue weighted by Gasteiger charge is 1.99. The molecule has 0 unspecified atom stereocenters. The Morgan fingerprint density at radius 2 is 2.00 bits per heavy atom. The van der Waals surface area contributed by atoms with Crippen LogP contribution in [-0.2, 0) is 11.3 Å². The zero-order valence-electron chi connectivity index (χ0n) is 5.83. The molecule has 0 aliphatic carbocycles. The molecule has 0 aliphatic heterocycles. The fourth-order valence-corrected chi connectivity index (χ4v) is 0.776. The maximum absolute atomic E-state index is 12.2.